The molecule has 0 saturated carbocycles. The van der Waals surface area contributed by atoms with Crippen molar-refractivity contribution >= 4 is 27.8 Å². The molecule has 21 heavy (non-hydrogen) atoms. The second-order valence-corrected chi connectivity index (χ2v) is 5.96. The number of benzene rings is 1. The van der Waals surface area contributed by atoms with Gasteiger partial charge in [-0.1, -0.05) is 22.0 Å². The Kier molecular flexibility index (Phi) is 5.36. The number of carbonyl (C=O) groups is 2. The lowest BCUT2D eigenvalue weighted by molar-refractivity contribution is -0.145. The van der Waals surface area contributed by atoms with Gasteiger partial charge in [-0.15, -0.1) is 0 Å². The predicted octanol–water partition coefficient (Wildman–Crippen LogP) is 2.46. The van der Waals surface area contributed by atoms with E-state index in [9.17, 15) is 9.59 Å². The number of likely N-dealkylation sites (tertiary alicyclic amines) is 1. The Morgan fingerprint density at radius 1 is 1.38 bits per heavy atom. The normalized spacial score (nSPS) is 16.0. The van der Waals surface area contributed by atoms with Crippen molar-refractivity contribution in [3.8, 4) is 0 Å². The zero-order valence-corrected chi connectivity index (χ0v) is 13.4. The molecule has 0 aromatic heterocycles. The molecule has 0 unspecified atom stereocenters. The number of carboxylic acids is 1. The summed E-state index contributed by atoms with van der Waals surface area (Å²) in [7, 11) is 0. The molecule has 1 saturated heterocycles. The summed E-state index contributed by atoms with van der Waals surface area (Å²) in [5, 5.41) is 8.60. The number of halogens is 1. The van der Waals surface area contributed by atoms with Crippen LogP contribution < -0.4 is 0 Å². The van der Waals surface area contributed by atoms with E-state index in [1.165, 1.54) is 0 Å². The molecule has 0 spiro atoms. The Labute approximate surface area is 132 Å². The van der Waals surface area contributed by atoms with Crippen molar-refractivity contribution < 1.29 is 19.4 Å². The highest BCUT2D eigenvalue weighted by atomic mass is 79.9. The zero-order chi connectivity index (χ0) is 15.4. The van der Waals surface area contributed by atoms with Gasteiger partial charge in [0, 0.05) is 23.1 Å². The molecule has 1 aliphatic rings. The molecular formula is C15H18BrNO4. The van der Waals surface area contributed by atoms with Crippen LogP contribution in [0.15, 0.2) is 22.7 Å². The number of carboxylic acid groups (broad SMARTS) is 1. The molecule has 0 radical (unpaired) electrons. The van der Waals surface area contributed by atoms with Crippen LogP contribution >= 0.6 is 15.9 Å². The molecule has 1 amide bonds. The van der Waals surface area contributed by atoms with Crippen LogP contribution in [0.2, 0.25) is 0 Å². The second kappa shape index (κ2) is 7.04. The van der Waals surface area contributed by atoms with Crippen LogP contribution in [0.3, 0.4) is 0 Å². The number of hydrogen-bond acceptors (Lipinski definition) is 3. The van der Waals surface area contributed by atoms with Crippen LogP contribution in [0.1, 0.15) is 28.8 Å². The second-order valence-electron chi connectivity index (χ2n) is 5.11. The summed E-state index contributed by atoms with van der Waals surface area (Å²) >= 11 is 3.44. The minimum absolute atomic E-state index is 0.0190. The molecule has 114 valence electrons. The van der Waals surface area contributed by atoms with E-state index in [0.717, 1.165) is 10.0 Å². The molecule has 6 heteroatoms. The van der Waals surface area contributed by atoms with Gasteiger partial charge in [0.15, 0.2) is 0 Å². The summed E-state index contributed by atoms with van der Waals surface area (Å²) < 4.78 is 6.20. The van der Waals surface area contributed by atoms with Crippen molar-refractivity contribution in [2.45, 2.75) is 25.9 Å². The molecule has 1 heterocycles. The number of rotatable bonds is 4. The third-order valence-electron chi connectivity index (χ3n) is 3.67. The van der Waals surface area contributed by atoms with E-state index in [1.54, 1.807) is 4.90 Å². The summed E-state index contributed by atoms with van der Waals surface area (Å²) in [6.45, 7) is 2.83. The maximum atomic E-state index is 12.5. The van der Waals surface area contributed by atoms with Crippen LogP contribution in [-0.2, 0) is 9.53 Å². The first kappa shape index (κ1) is 16.0. The van der Waals surface area contributed by atoms with Crippen LogP contribution in [0.4, 0.5) is 0 Å². The summed E-state index contributed by atoms with van der Waals surface area (Å²) in [4.78, 5) is 24.8. The number of amides is 1. The van der Waals surface area contributed by atoms with E-state index >= 15 is 0 Å². The molecule has 1 aliphatic heterocycles. The lowest BCUT2D eigenvalue weighted by atomic mass is 10.0. The Morgan fingerprint density at radius 2 is 2.05 bits per heavy atom. The average Bonchev–Trinajstić information content (AvgIpc) is 2.48. The Balaban J connectivity index is 1.94. The van der Waals surface area contributed by atoms with E-state index in [-0.39, 0.29) is 18.6 Å². The van der Waals surface area contributed by atoms with E-state index < -0.39 is 5.97 Å². The highest BCUT2D eigenvalue weighted by Gasteiger charge is 2.25. The number of ether oxygens (including phenoxy) is 1. The third kappa shape index (κ3) is 4.04. The van der Waals surface area contributed by atoms with E-state index in [2.05, 4.69) is 15.9 Å². The van der Waals surface area contributed by atoms with Crippen LogP contribution in [0, 0.1) is 6.92 Å². The van der Waals surface area contributed by atoms with E-state index in [0.29, 0.717) is 31.5 Å². The summed E-state index contributed by atoms with van der Waals surface area (Å²) in [5.74, 6) is -0.941. The van der Waals surface area contributed by atoms with Gasteiger partial charge >= 0.3 is 5.97 Å². The molecule has 1 aromatic carbocycles. The minimum atomic E-state index is -0.960. The van der Waals surface area contributed by atoms with Gasteiger partial charge in [-0.05, 0) is 37.5 Å². The summed E-state index contributed by atoms with van der Waals surface area (Å²) in [5.41, 5.74) is 1.64. The number of piperidine rings is 1. The first-order valence-corrected chi connectivity index (χ1v) is 7.66. The van der Waals surface area contributed by atoms with Crippen molar-refractivity contribution in [2.24, 2.45) is 0 Å². The molecule has 5 nitrogen and oxygen atoms in total. The van der Waals surface area contributed by atoms with Crippen LogP contribution in [-0.4, -0.2) is 47.7 Å². The fourth-order valence-electron chi connectivity index (χ4n) is 2.42. The quantitative estimate of drug-likeness (QED) is 0.900. The Bertz CT molecular complexity index is 538. The molecule has 0 atom stereocenters. The van der Waals surface area contributed by atoms with Gasteiger partial charge in [0.25, 0.3) is 5.91 Å². The fraction of sp³-hybridized carbons (Fsp3) is 0.467. The lowest BCUT2D eigenvalue weighted by Crippen LogP contribution is -2.41. The van der Waals surface area contributed by atoms with Gasteiger partial charge in [-0.25, -0.2) is 4.79 Å². The number of aliphatic carboxylic acids is 1. The highest BCUT2D eigenvalue weighted by Crippen LogP contribution is 2.22. The van der Waals surface area contributed by atoms with Crippen molar-refractivity contribution in [3.05, 3.63) is 33.8 Å². The first-order chi connectivity index (χ1) is 9.99. The van der Waals surface area contributed by atoms with Gasteiger partial charge in [0.1, 0.15) is 6.61 Å². The average molecular weight is 356 g/mol. The predicted molar refractivity (Wildman–Crippen MR) is 81.4 cm³/mol. The highest BCUT2D eigenvalue weighted by molar-refractivity contribution is 9.10. The molecule has 2 rings (SSSR count). The summed E-state index contributed by atoms with van der Waals surface area (Å²) in [6, 6.07) is 5.60. The fourth-order valence-corrected chi connectivity index (χ4v) is 2.79. The SMILES string of the molecule is Cc1c(Br)cccc1C(=O)N1CCC(OCC(=O)O)CC1. The number of nitrogens with zero attached hydrogens (tertiary/aromatic N) is 1. The third-order valence-corrected chi connectivity index (χ3v) is 4.53. The number of carbonyl (C=O) groups excluding carboxylic acids is 1. The largest absolute Gasteiger partial charge is 0.480 e. The first-order valence-electron chi connectivity index (χ1n) is 6.87. The summed E-state index contributed by atoms with van der Waals surface area (Å²) in [6.07, 6.45) is 1.27. The van der Waals surface area contributed by atoms with Crippen molar-refractivity contribution in [3.63, 3.8) is 0 Å². The minimum Gasteiger partial charge on any atom is -0.480 e. The van der Waals surface area contributed by atoms with Crippen LogP contribution in [0.5, 0.6) is 0 Å². The van der Waals surface area contributed by atoms with Gasteiger partial charge < -0.3 is 14.7 Å². The molecule has 0 bridgehead atoms. The van der Waals surface area contributed by atoms with Crippen molar-refractivity contribution in [2.75, 3.05) is 19.7 Å². The Morgan fingerprint density at radius 3 is 2.67 bits per heavy atom. The monoisotopic (exact) mass is 355 g/mol. The zero-order valence-electron chi connectivity index (χ0n) is 11.8. The smallest absolute Gasteiger partial charge is 0.329 e. The van der Waals surface area contributed by atoms with Gasteiger partial charge in [-0.2, -0.15) is 0 Å². The molecular weight excluding hydrogens is 338 g/mol. The standard InChI is InChI=1S/C15H18BrNO4/c1-10-12(3-2-4-13(10)16)15(20)17-7-5-11(6-8-17)21-9-14(18)19/h2-4,11H,5-9H2,1H3,(H,18,19). The van der Waals surface area contributed by atoms with Crippen molar-refractivity contribution in [1.29, 1.82) is 0 Å². The molecule has 0 aliphatic carbocycles. The van der Waals surface area contributed by atoms with Crippen LogP contribution in [0.25, 0.3) is 0 Å². The Hall–Kier alpha value is -1.40. The molecule has 1 aromatic rings. The van der Waals surface area contributed by atoms with E-state index in [1.807, 2.05) is 25.1 Å². The number of hydrogen-bond donors (Lipinski definition) is 1. The van der Waals surface area contributed by atoms with E-state index in [4.69, 9.17) is 9.84 Å². The molecule has 1 N–H and O–H groups in total. The lowest BCUT2D eigenvalue weighted by Gasteiger charge is -2.32. The molecule has 1 fully saturated rings. The van der Waals surface area contributed by atoms with Gasteiger partial charge in [0.05, 0.1) is 6.10 Å². The van der Waals surface area contributed by atoms with Gasteiger partial charge in [-0.3, -0.25) is 4.79 Å². The maximum absolute atomic E-state index is 12.5. The maximum Gasteiger partial charge on any atom is 0.329 e. The van der Waals surface area contributed by atoms with Crippen molar-refractivity contribution in [1.82, 2.24) is 4.90 Å². The van der Waals surface area contributed by atoms with Gasteiger partial charge in [0.2, 0.25) is 0 Å². The topological polar surface area (TPSA) is 66.8 Å².